The molecule has 28 heavy (non-hydrogen) atoms. The van der Waals surface area contributed by atoms with Gasteiger partial charge in [0.2, 0.25) is 0 Å². The van der Waals surface area contributed by atoms with Gasteiger partial charge in [0.05, 0.1) is 19.9 Å². The molecule has 2 amide bonds. The van der Waals surface area contributed by atoms with Crippen molar-refractivity contribution < 1.29 is 14.3 Å². The van der Waals surface area contributed by atoms with Gasteiger partial charge in [-0.1, -0.05) is 12.2 Å². The Morgan fingerprint density at radius 3 is 2.46 bits per heavy atom. The number of rotatable bonds is 8. The number of aliphatic imine (C=N–C) groups is 1. The molecule has 0 aliphatic heterocycles. The van der Waals surface area contributed by atoms with E-state index < -0.39 is 0 Å². The molecule has 0 aliphatic carbocycles. The van der Waals surface area contributed by atoms with Gasteiger partial charge in [-0.05, 0) is 55.8 Å². The molecule has 2 aromatic rings. The Labute approximate surface area is 166 Å². The molecule has 0 heterocycles. The van der Waals surface area contributed by atoms with E-state index in [0.29, 0.717) is 18.0 Å². The van der Waals surface area contributed by atoms with E-state index in [1.807, 2.05) is 32.2 Å². The van der Waals surface area contributed by atoms with Gasteiger partial charge in [0.15, 0.2) is 0 Å². The quantitative estimate of drug-likeness (QED) is 0.499. The van der Waals surface area contributed by atoms with E-state index >= 15 is 0 Å². The van der Waals surface area contributed by atoms with E-state index in [1.165, 1.54) is 0 Å². The molecule has 2 aromatic carbocycles. The number of nitrogens with zero attached hydrogens (tertiary/aromatic N) is 1. The molecule has 148 valence electrons. The van der Waals surface area contributed by atoms with Crippen molar-refractivity contribution in [1.29, 1.82) is 0 Å². The second-order valence-electron chi connectivity index (χ2n) is 6.40. The minimum atomic E-state index is -0.303. The molecule has 0 saturated carbocycles. The SMILES string of the molecule is C=C(C)CC=Nc1ccc(OC)c(CNC(=O)Nc2ccc(OC)cc2)c1C. The van der Waals surface area contributed by atoms with Gasteiger partial charge in [-0.25, -0.2) is 4.79 Å². The first-order valence-corrected chi connectivity index (χ1v) is 8.97. The zero-order valence-electron chi connectivity index (χ0n) is 16.8. The molecule has 0 bridgehead atoms. The lowest BCUT2D eigenvalue weighted by atomic mass is 10.1. The Balaban J connectivity index is 2.07. The summed E-state index contributed by atoms with van der Waals surface area (Å²) < 4.78 is 10.6. The summed E-state index contributed by atoms with van der Waals surface area (Å²) in [6, 6.07) is 10.6. The van der Waals surface area contributed by atoms with E-state index in [9.17, 15) is 4.79 Å². The first-order valence-electron chi connectivity index (χ1n) is 8.97. The molecule has 0 atom stereocenters. The number of methoxy groups -OCH3 is 2. The van der Waals surface area contributed by atoms with Crippen LogP contribution in [0.3, 0.4) is 0 Å². The number of amides is 2. The molecule has 2 rings (SSSR count). The molecule has 6 heteroatoms. The molecule has 0 spiro atoms. The molecular weight excluding hydrogens is 354 g/mol. The number of allylic oxidation sites excluding steroid dienone is 1. The number of urea groups is 1. The van der Waals surface area contributed by atoms with E-state index in [2.05, 4.69) is 22.2 Å². The first kappa shape index (κ1) is 21.0. The van der Waals surface area contributed by atoms with Gasteiger partial charge in [0.25, 0.3) is 0 Å². The van der Waals surface area contributed by atoms with Crippen LogP contribution in [0.2, 0.25) is 0 Å². The number of hydrogen-bond donors (Lipinski definition) is 2. The van der Waals surface area contributed by atoms with Crippen molar-refractivity contribution in [3.05, 3.63) is 59.7 Å². The third-order valence-electron chi connectivity index (χ3n) is 4.19. The largest absolute Gasteiger partial charge is 0.497 e. The van der Waals surface area contributed by atoms with E-state index in [4.69, 9.17) is 9.47 Å². The maximum Gasteiger partial charge on any atom is 0.319 e. The predicted octanol–water partition coefficient (Wildman–Crippen LogP) is 5.00. The minimum absolute atomic E-state index is 0.303. The van der Waals surface area contributed by atoms with Crippen LogP contribution < -0.4 is 20.1 Å². The summed E-state index contributed by atoms with van der Waals surface area (Å²) in [6.07, 6.45) is 2.56. The highest BCUT2D eigenvalue weighted by molar-refractivity contribution is 5.89. The Morgan fingerprint density at radius 1 is 1.14 bits per heavy atom. The first-order chi connectivity index (χ1) is 13.4. The molecule has 0 saturated heterocycles. The highest BCUT2D eigenvalue weighted by Crippen LogP contribution is 2.30. The Morgan fingerprint density at radius 2 is 1.86 bits per heavy atom. The number of nitrogens with one attached hydrogen (secondary N) is 2. The van der Waals surface area contributed by atoms with Crippen LogP contribution >= 0.6 is 0 Å². The van der Waals surface area contributed by atoms with Gasteiger partial charge in [0.1, 0.15) is 11.5 Å². The van der Waals surface area contributed by atoms with Crippen LogP contribution in [0.1, 0.15) is 24.5 Å². The lowest BCUT2D eigenvalue weighted by Crippen LogP contribution is -2.28. The zero-order valence-corrected chi connectivity index (χ0v) is 16.8. The third-order valence-corrected chi connectivity index (χ3v) is 4.19. The summed E-state index contributed by atoms with van der Waals surface area (Å²) in [5.41, 5.74) is 4.42. The number of benzene rings is 2. The van der Waals surface area contributed by atoms with E-state index in [-0.39, 0.29) is 6.03 Å². The summed E-state index contributed by atoms with van der Waals surface area (Å²) in [5.74, 6) is 1.44. The van der Waals surface area contributed by atoms with Crippen molar-refractivity contribution in [2.24, 2.45) is 4.99 Å². The molecule has 2 N–H and O–H groups in total. The van der Waals surface area contributed by atoms with Gasteiger partial charge in [-0.15, -0.1) is 0 Å². The summed E-state index contributed by atoms with van der Waals surface area (Å²) in [4.78, 5) is 16.8. The van der Waals surface area contributed by atoms with Crippen molar-refractivity contribution in [1.82, 2.24) is 5.32 Å². The Bertz CT molecular complexity index is 858. The topological polar surface area (TPSA) is 72.0 Å². The highest BCUT2D eigenvalue weighted by atomic mass is 16.5. The van der Waals surface area contributed by atoms with Crippen LogP contribution in [0.5, 0.6) is 11.5 Å². The summed E-state index contributed by atoms with van der Waals surface area (Å²) in [5, 5.41) is 5.66. The number of carbonyl (C=O) groups excluding carboxylic acids is 1. The maximum absolute atomic E-state index is 12.2. The van der Waals surface area contributed by atoms with Crippen molar-refractivity contribution in [3.8, 4) is 11.5 Å². The normalized spacial score (nSPS) is 10.6. The molecule has 0 unspecified atom stereocenters. The van der Waals surface area contributed by atoms with E-state index in [0.717, 1.165) is 34.6 Å². The van der Waals surface area contributed by atoms with Gasteiger partial charge in [0, 0.05) is 30.4 Å². The Kier molecular flexibility index (Phi) is 7.63. The lowest BCUT2D eigenvalue weighted by Gasteiger charge is -2.15. The second-order valence-corrected chi connectivity index (χ2v) is 6.40. The lowest BCUT2D eigenvalue weighted by molar-refractivity contribution is 0.251. The average molecular weight is 381 g/mol. The van der Waals surface area contributed by atoms with Crippen LogP contribution in [0, 0.1) is 6.92 Å². The van der Waals surface area contributed by atoms with Crippen LogP contribution in [-0.4, -0.2) is 26.5 Å². The molecule has 0 fully saturated rings. The van der Waals surface area contributed by atoms with Crippen LogP contribution in [0.4, 0.5) is 16.2 Å². The fourth-order valence-corrected chi connectivity index (χ4v) is 2.59. The molecule has 6 nitrogen and oxygen atoms in total. The van der Waals surface area contributed by atoms with Crippen molar-refractivity contribution in [2.45, 2.75) is 26.8 Å². The van der Waals surface area contributed by atoms with E-state index in [1.54, 1.807) is 38.5 Å². The smallest absolute Gasteiger partial charge is 0.319 e. The predicted molar refractivity (Wildman–Crippen MR) is 114 cm³/mol. The molecule has 0 aliphatic rings. The zero-order chi connectivity index (χ0) is 20.5. The number of carbonyl (C=O) groups is 1. The summed E-state index contributed by atoms with van der Waals surface area (Å²) in [6.45, 7) is 8.12. The molecule has 0 radical (unpaired) electrons. The monoisotopic (exact) mass is 381 g/mol. The second kappa shape index (κ2) is 10.2. The minimum Gasteiger partial charge on any atom is -0.497 e. The summed E-state index contributed by atoms with van der Waals surface area (Å²) >= 11 is 0. The van der Waals surface area contributed by atoms with Gasteiger partial charge < -0.3 is 20.1 Å². The maximum atomic E-state index is 12.2. The van der Waals surface area contributed by atoms with Crippen LogP contribution in [-0.2, 0) is 6.54 Å². The van der Waals surface area contributed by atoms with Crippen molar-refractivity contribution >= 4 is 23.6 Å². The molecule has 0 aromatic heterocycles. The fourth-order valence-electron chi connectivity index (χ4n) is 2.59. The summed E-state index contributed by atoms with van der Waals surface area (Å²) in [7, 11) is 3.21. The number of ether oxygens (including phenoxy) is 2. The standard InChI is InChI=1S/C22H27N3O3/c1-15(2)12-13-23-20-10-11-21(28-5)19(16(20)3)14-24-22(26)25-17-6-8-18(27-4)9-7-17/h6-11,13H,1,12,14H2,2-5H3,(H2,24,25,26). The number of hydrogen-bond acceptors (Lipinski definition) is 4. The van der Waals surface area contributed by atoms with Gasteiger partial charge >= 0.3 is 6.03 Å². The highest BCUT2D eigenvalue weighted by Gasteiger charge is 2.12. The van der Waals surface area contributed by atoms with Crippen molar-refractivity contribution in [2.75, 3.05) is 19.5 Å². The number of anilines is 1. The van der Waals surface area contributed by atoms with Crippen LogP contribution in [0.25, 0.3) is 0 Å². The Hall–Kier alpha value is -3.28. The van der Waals surface area contributed by atoms with Gasteiger partial charge in [-0.3, -0.25) is 4.99 Å². The fraction of sp³-hybridized carbons (Fsp3) is 0.273. The van der Waals surface area contributed by atoms with Crippen molar-refractivity contribution in [3.63, 3.8) is 0 Å². The third kappa shape index (κ3) is 5.87. The van der Waals surface area contributed by atoms with Gasteiger partial charge in [-0.2, -0.15) is 0 Å². The molecular formula is C22H27N3O3. The average Bonchev–Trinajstić information content (AvgIpc) is 2.68. The van der Waals surface area contributed by atoms with Crippen LogP contribution in [0.15, 0.2) is 53.5 Å².